The number of alkyl halides is 3. The number of amides is 4. The number of carboxylic acids is 3. The summed E-state index contributed by atoms with van der Waals surface area (Å²) >= 11 is 3.65. The number of hydrogen-bond acceptors (Lipinski definition) is 11. The lowest BCUT2D eigenvalue weighted by Gasteiger charge is -2.41. The summed E-state index contributed by atoms with van der Waals surface area (Å²) in [6.07, 6.45) is -4.00. The summed E-state index contributed by atoms with van der Waals surface area (Å²) in [5.41, 5.74) is 12.4. The molecule has 0 saturated heterocycles. The van der Waals surface area contributed by atoms with Crippen molar-refractivity contribution in [2.24, 2.45) is 16.9 Å². The summed E-state index contributed by atoms with van der Waals surface area (Å²) in [5.74, 6) is -8.22. The molecule has 18 nitrogen and oxygen atoms in total. The zero-order valence-electron chi connectivity index (χ0n) is 35.6. The summed E-state index contributed by atoms with van der Waals surface area (Å²) in [6, 6.07) is 11.8. The molecule has 0 aliphatic heterocycles. The summed E-state index contributed by atoms with van der Waals surface area (Å²) in [6.45, 7) is 4.88. The molecule has 0 bridgehead atoms. The third-order valence-electron chi connectivity index (χ3n) is 8.77. The maximum atomic E-state index is 15.0. The van der Waals surface area contributed by atoms with Crippen LogP contribution in [0.4, 0.5) is 22.0 Å². The number of aliphatic hydroxyl groups excluding tert-OH is 1. The molecule has 1 aromatic heterocycles. The second-order valence-electron chi connectivity index (χ2n) is 15.0. The van der Waals surface area contributed by atoms with E-state index in [-0.39, 0.29) is 56.8 Å². The van der Waals surface area contributed by atoms with Gasteiger partial charge in [0, 0.05) is 61.4 Å². The standard InChI is InChI=1S/C36H46F2N6O7.C3H7NO2S.C2HF3O2/c1-36(2,3)34(29-17-24(26-18-25(37)9-10-27(26)38)21-43(29)20-23-7-5-4-6-8-23)44(32(48)22-45)16-13-28(39)35(51)41-15-14-40-31(47)19-42-30(46)11-12-33(49)50;4-2(1-7)3(5)6;3-2(4,5)1(6)7/h4-10,17-18,21,28,34,45H,11-16,19-20,22,39H2,1-3H3,(H,40,47)(H,41,51)(H,42,46)(H,49,50);2,7H,1,4H2,(H,5,6);(H,6,7)/t28?,34-;2-;/m00./s1. The number of rotatable bonds is 20. The minimum Gasteiger partial charge on any atom is -0.481 e. The highest BCUT2D eigenvalue weighted by atomic mass is 32.1. The Morgan fingerprint density at radius 1 is 0.831 bits per heavy atom. The van der Waals surface area contributed by atoms with Gasteiger partial charge in [0.2, 0.25) is 23.6 Å². The third-order valence-corrected chi connectivity index (χ3v) is 9.16. The Balaban J connectivity index is 0.00000130. The van der Waals surface area contributed by atoms with E-state index in [1.165, 1.54) is 4.90 Å². The van der Waals surface area contributed by atoms with E-state index in [2.05, 4.69) is 28.6 Å². The molecule has 3 atom stereocenters. The van der Waals surface area contributed by atoms with Crippen molar-refractivity contribution >= 4 is 54.2 Å². The van der Waals surface area contributed by atoms with Gasteiger partial charge >= 0.3 is 24.1 Å². The largest absolute Gasteiger partial charge is 0.490 e. The number of aliphatic hydroxyl groups is 1. The van der Waals surface area contributed by atoms with E-state index in [0.717, 1.165) is 23.8 Å². The molecule has 4 amide bonds. The van der Waals surface area contributed by atoms with Crippen molar-refractivity contribution in [1.82, 2.24) is 25.4 Å². The van der Waals surface area contributed by atoms with Gasteiger partial charge in [-0.25, -0.2) is 13.6 Å². The average Bonchev–Trinajstić information content (AvgIpc) is 3.64. The highest BCUT2D eigenvalue weighted by molar-refractivity contribution is 7.80. The second kappa shape index (κ2) is 27.3. The molecule has 0 aliphatic rings. The molecule has 65 heavy (non-hydrogen) atoms. The molecule has 11 N–H and O–H groups in total. The molecule has 3 aromatic rings. The molecular weight excluding hydrogens is 894 g/mol. The van der Waals surface area contributed by atoms with E-state index in [1.54, 1.807) is 12.3 Å². The third kappa shape index (κ3) is 21.0. The number of hydrogen-bond donors (Lipinski definition) is 10. The number of carbonyl (C=O) groups is 7. The van der Waals surface area contributed by atoms with Crippen LogP contribution in [0.3, 0.4) is 0 Å². The zero-order chi connectivity index (χ0) is 49.7. The lowest BCUT2D eigenvalue weighted by atomic mass is 9.82. The lowest BCUT2D eigenvalue weighted by molar-refractivity contribution is -0.192. The number of carboxylic acid groups (broad SMARTS) is 3. The van der Waals surface area contributed by atoms with Crippen LogP contribution in [0.1, 0.15) is 57.3 Å². The van der Waals surface area contributed by atoms with E-state index in [4.69, 9.17) is 31.6 Å². The molecule has 2 aromatic carbocycles. The van der Waals surface area contributed by atoms with Crippen molar-refractivity contribution in [1.29, 1.82) is 0 Å². The predicted octanol–water partition coefficient (Wildman–Crippen LogP) is 2.28. The van der Waals surface area contributed by atoms with Crippen LogP contribution in [0.25, 0.3) is 11.1 Å². The van der Waals surface area contributed by atoms with Crippen LogP contribution in [-0.2, 0) is 40.1 Å². The maximum absolute atomic E-state index is 15.0. The van der Waals surface area contributed by atoms with E-state index >= 15 is 0 Å². The molecule has 1 heterocycles. The molecule has 0 saturated carbocycles. The number of nitrogens with zero attached hydrogens (tertiary/aromatic N) is 2. The first-order valence-electron chi connectivity index (χ1n) is 19.5. The van der Waals surface area contributed by atoms with Gasteiger partial charge in [-0.1, -0.05) is 51.1 Å². The number of benzene rings is 2. The Bertz CT molecular complexity index is 2070. The minimum atomic E-state index is -5.08. The molecule has 0 aliphatic carbocycles. The molecule has 360 valence electrons. The molecule has 1 unspecified atom stereocenters. The first-order chi connectivity index (χ1) is 30.2. The first kappa shape index (κ1) is 56.9. The quantitative estimate of drug-likeness (QED) is 0.0443. The average molecular weight is 948 g/mol. The van der Waals surface area contributed by atoms with E-state index in [0.29, 0.717) is 17.8 Å². The molecule has 3 rings (SSSR count). The molecule has 0 spiro atoms. The normalized spacial score (nSPS) is 12.4. The van der Waals surface area contributed by atoms with Crippen molar-refractivity contribution in [3.05, 3.63) is 83.7 Å². The SMILES string of the molecule is CC(C)(C)[C@H](c1cc(-c2cc(F)ccc2F)cn1Cc1ccccc1)N(CCC(N)C(=O)NCCNC(=O)CNC(=O)CCC(=O)O)C(=O)CO.N[C@@H](CS)C(=O)O.O=C(O)C(F)(F)F. The summed E-state index contributed by atoms with van der Waals surface area (Å²) in [4.78, 5) is 80.4. The lowest BCUT2D eigenvalue weighted by Crippen LogP contribution is -2.48. The Morgan fingerprint density at radius 3 is 1.94 bits per heavy atom. The summed E-state index contributed by atoms with van der Waals surface area (Å²) in [5, 5.41) is 41.2. The monoisotopic (exact) mass is 947 g/mol. The van der Waals surface area contributed by atoms with Crippen LogP contribution in [0.5, 0.6) is 0 Å². The highest BCUT2D eigenvalue weighted by Gasteiger charge is 2.39. The fourth-order valence-electron chi connectivity index (χ4n) is 5.66. The van der Waals surface area contributed by atoms with Crippen LogP contribution in [0, 0.1) is 17.0 Å². The van der Waals surface area contributed by atoms with Gasteiger partial charge < -0.3 is 57.3 Å². The second-order valence-corrected chi connectivity index (χ2v) is 15.4. The van der Waals surface area contributed by atoms with E-state index in [1.807, 2.05) is 55.7 Å². The van der Waals surface area contributed by atoms with Gasteiger partial charge in [0.1, 0.15) is 24.3 Å². The Morgan fingerprint density at radius 2 is 1.43 bits per heavy atom. The number of nitrogens with two attached hydrogens (primary N) is 2. The zero-order valence-corrected chi connectivity index (χ0v) is 36.5. The molecule has 0 fully saturated rings. The fraction of sp³-hybridized carbons (Fsp3) is 0.439. The number of nitrogens with one attached hydrogen (secondary N) is 3. The van der Waals surface area contributed by atoms with Crippen LogP contribution < -0.4 is 27.4 Å². The smallest absolute Gasteiger partial charge is 0.481 e. The fourth-order valence-corrected chi connectivity index (χ4v) is 5.81. The number of carbonyl (C=O) groups excluding carboxylic acids is 4. The molecule has 0 radical (unpaired) electrons. The van der Waals surface area contributed by atoms with Crippen molar-refractivity contribution < 1.29 is 75.9 Å². The summed E-state index contributed by atoms with van der Waals surface area (Å²) < 4.78 is 62.8. The topological polar surface area (TPSA) is 297 Å². The van der Waals surface area contributed by atoms with Crippen molar-refractivity contribution in [2.75, 3.05) is 38.5 Å². The Kier molecular flexibility index (Phi) is 23.9. The minimum absolute atomic E-state index is 0.00363. The van der Waals surface area contributed by atoms with E-state index in [9.17, 15) is 55.8 Å². The van der Waals surface area contributed by atoms with Gasteiger partial charge in [-0.3, -0.25) is 28.8 Å². The van der Waals surface area contributed by atoms with Crippen molar-refractivity contribution in [3.8, 4) is 11.1 Å². The molecule has 24 heteroatoms. The predicted molar refractivity (Wildman–Crippen MR) is 228 cm³/mol. The Hall–Kier alpha value is -6.11. The van der Waals surface area contributed by atoms with Gasteiger partial charge in [-0.15, -0.1) is 0 Å². The van der Waals surface area contributed by atoms with E-state index < -0.39 is 89.5 Å². The van der Waals surface area contributed by atoms with Crippen LogP contribution in [-0.4, -0.2) is 128 Å². The number of aromatic nitrogens is 1. The van der Waals surface area contributed by atoms with Gasteiger partial charge in [-0.2, -0.15) is 25.8 Å². The van der Waals surface area contributed by atoms with Crippen LogP contribution in [0.15, 0.2) is 60.8 Å². The van der Waals surface area contributed by atoms with Gasteiger partial charge in [0.25, 0.3) is 0 Å². The Labute approximate surface area is 375 Å². The highest BCUT2D eigenvalue weighted by Crippen LogP contribution is 2.41. The maximum Gasteiger partial charge on any atom is 0.490 e. The number of thiol groups is 1. The van der Waals surface area contributed by atoms with Gasteiger partial charge in [-0.05, 0) is 41.7 Å². The van der Waals surface area contributed by atoms with Crippen LogP contribution in [0.2, 0.25) is 0 Å². The van der Waals surface area contributed by atoms with Gasteiger partial charge in [0.15, 0.2) is 0 Å². The molecular formula is C41H54F5N7O11S. The number of aliphatic carboxylic acids is 3. The first-order valence-corrected chi connectivity index (χ1v) is 20.1. The van der Waals surface area contributed by atoms with Crippen molar-refractivity contribution in [2.45, 2.75) is 70.9 Å². The van der Waals surface area contributed by atoms with Gasteiger partial charge in [0.05, 0.1) is 25.0 Å². The van der Waals surface area contributed by atoms with Crippen molar-refractivity contribution in [3.63, 3.8) is 0 Å². The summed E-state index contributed by atoms with van der Waals surface area (Å²) in [7, 11) is 0. The number of halogens is 5. The van der Waals surface area contributed by atoms with Crippen LogP contribution >= 0.6 is 12.6 Å².